The first kappa shape index (κ1) is 15.9. The van der Waals surface area contributed by atoms with Gasteiger partial charge in [0.25, 0.3) is 0 Å². The van der Waals surface area contributed by atoms with E-state index in [1.54, 1.807) is 20.5 Å². The fraction of sp³-hybridized carbons (Fsp3) is 0.222. The van der Waals surface area contributed by atoms with Gasteiger partial charge >= 0.3 is 0 Å². The summed E-state index contributed by atoms with van der Waals surface area (Å²) in [6.07, 6.45) is 1.71. The predicted octanol–water partition coefficient (Wildman–Crippen LogP) is 4.50. The van der Waals surface area contributed by atoms with Crippen molar-refractivity contribution in [1.29, 1.82) is 0 Å². The highest BCUT2D eigenvalue weighted by Crippen LogP contribution is 2.36. The van der Waals surface area contributed by atoms with E-state index >= 15 is 0 Å². The molecule has 0 aliphatic rings. The number of nitrogens with one attached hydrogen (secondary N) is 1. The van der Waals surface area contributed by atoms with Gasteiger partial charge < -0.3 is 19.2 Å². The highest BCUT2D eigenvalue weighted by molar-refractivity contribution is 9.10. The molecule has 3 rings (SSSR count). The Morgan fingerprint density at radius 3 is 2.61 bits per heavy atom. The lowest BCUT2D eigenvalue weighted by Gasteiger charge is -2.12. The second kappa shape index (κ2) is 7.06. The van der Waals surface area contributed by atoms with Crippen LogP contribution in [0.3, 0.4) is 0 Å². The number of fused-ring (bicyclic) bond motifs is 1. The minimum absolute atomic E-state index is 0.708. The summed E-state index contributed by atoms with van der Waals surface area (Å²) < 4.78 is 17.0. The topological polar surface area (TPSA) is 43.6 Å². The van der Waals surface area contributed by atoms with Crippen LogP contribution in [0.15, 0.2) is 51.6 Å². The summed E-state index contributed by atoms with van der Waals surface area (Å²) in [7, 11) is 3.27. The smallest absolute Gasteiger partial charge is 0.174 e. The van der Waals surface area contributed by atoms with Crippen molar-refractivity contribution in [1.82, 2.24) is 5.32 Å². The lowest BCUT2D eigenvalue weighted by atomic mass is 10.1. The molecule has 0 spiro atoms. The van der Waals surface area contributed by atoms with Gasteiger partial charge in [-0.2, -0.15) is 0 Å². The molecule has 0 saturated carbocycles. The monoisotopic (exact) mass is 375 g/mol. The molecule has 0 unspecified atom stereocenters. The van der Waals surface area contributed by atoms with Gasteiger partial charge in [-0.25, -0.2) is 0 Å². The highest BCUT2D eigenvalue weighted by atomic mass is 79.9. The molecule has 0 amide bonds. The van der Waals surface area contributed by atoms with Crippen LogP contribution in [0.1, 0.15) is 11.1 Å². The number of benzene rings is 2. The summed E-state index contributed by atoms with van der Waals surface area (Å²) in [5.74, 6) is 1.43. The van der Waals surface area contributed by atoms with E-state index in [4.69, 9.17) is 13.9 Å². The van der Waals surface area contributed by atoms with Crippen molar-refractivity contribution < 1.29 is 13.9 Å². The molecule has 3 aromatic rings. The van der Waals surface area contributed by atoms with Crippen LogP contribution in [0.4, 0.5) is 0 Å². The van der Waals surface area contributed by atoms with Crippen molar-refractivity contribution in [3.63, 3.8) is 0 Å². The summed E-state index contributed by atoms with van der Waals surface area (Å²) >= 11 is 3.51. The van der Waals surface area contributed by atoms with E-state index in [9.17, 15) is 0 Å². The third-order valence-corrected chi connectivity index (χ3v) is 4.26. The predicted molar refractivity (Wildman–Crippen MR) is 94.0 cm³/mol. The molecule has 0 aliphatic heterocycles. The Balaban J connectivity index is 1.67. The molecule has 5 heteroatoms. The molecule has 1 aromatic heterocycles. The van der Waals surface area contributed by atoms with E-state index in [1.807, 2.05) is 18.2 Å². The van der Waals surface area contributed by atoms with Gasteiger partial charge in [-0.15, -0.1) is 0 Å². The standard InChI is InChI=1S/C18H18BrNO3/c1-21-17-9-13(7-15(19)18(17)22-2)11-20-10-12-3-4-14-5-6-23-16(14)8-12/h3-9,20H,10-11H2,1-2H3. The van der Waals surface area contributed by atoms with Crippen LogP contribution in [0.25, 0.3) is 11.0 Å². The van der Waals surface area contributed by atoms with E-state index in [1.165, 1.54) is 5.56 Å². The fourth-order valence-corrected chi connectivity index (χ4v) is 3.18. The van der Waals surface area contributed by atoms with Gasteiger partial charge in [0, 0.05) is 18.5 Å². The number of ether oxygens (including phenoxy) is 2. The third-order valence-electron chi connectivity index (χ3n) is 3.67. The normalized spacial score (nSPS) is 10.9. The maximum absolute atomic E-state index is 5.43. The van der Waals surface area contributed by atoms with E-state index in [-0.39, 0.29) is 0 Å². The zero-order valence-electron chi connectivity index (χ0n) is 13.1. The minimum atomic E-state index is 0.708. The van der Waals surface area contributed by atoms with Crippen LogP contribution >= 0.6 is 15.9 Å². The Labute approximate surface area is 143 Å². The first-order chi connectivity index (χ1) is 11.2. The van der Waals surface area contributed by atoms with Crippen LogP contribution in [0.5, 0.6) is 11.5 Å². The Hall–Kier alpha value is -1.98. The summed E-state index contributed by atoms with van der Waals surface area (Å²) in [6.45, 7) is 1.50. The highest BCUT2D eigenvalue weighted by Gasteiger charge is 2.10. The molecule has 1 heterocycles. The molecule has 0 bridgehead atoms. The minimum Gasteiger partial charge on any atom is -0.493 e. The van der Waals surface area contributed by atoms with E-state index in [0.29, 0.717) is 5.75 Å². The molecule has 4 nitrogen and oxygen atoms in total. The lowest BCUT2D eigenvalue weighted by molar-refractivity contribution is 0.352. The van der Waals surface area contributed by atoms with Crippen LogP contribution in [0.2, 0.25) is 0 Å². The van der Waals surface area contributed by atoms with Crippen molar-refractivity contribution >= 4 is 26.9 Å². The van der Waals surface area contributed by atoms with Crippen molar-refractivity contribution in [2.24, 2.45) is 0 Å². The average Bonchev–Trinajstić information content (AvgIpc) is 3.02. The van der Waals surface area contributed by atoms with E-state index in [0.717, 1.165) is 39.8 Å². The number of halogens is 1. The van der Waals surface area contributed by atoms with E-state index in [2.05, 4.69) is 39.4 Å². The van der Waals surface area contributed by atoms with Crippen molar-refractivity contribution in [2.75, 3.05) is 14.2 Å². The molecule has 2 aromatic carbocycles. The maximum Gasteiger partial charge on any atom is 0.174 e. The first-order valence-electron chi connectivity index (χ1n) is 7.28. The maximum atomic E-state index is 5.43. The SMILES string of the molecule is COc1cc(CNCc2ccc3ccoc3c2)cc(Br)c1OC. The molecular weight excluding hydrogens is 358 g/mol. The fourth-order valence-electron chi connectivity index (χ4n) is 2.53. The molecule has 0 aliphatic carbocycles. The number of hydrogen-bond donors (Lipinski definition) is 1. The van der Waals surface area contributed by atoms with Gasteiger partial charge in [0.2, 0.25) is 0 Å². The third kappa shape index (κ3) is 3.51. The largest absolute Gasteiger partial charge is 0.493 e. The van der Waals surface area contributed by atoms with Gasteiger partial charge in [0.05, 0.1) is 25.0 Å². The molecular formula is C18H18BrNO3. The van der Waals surface area contributed by atoms with Crippen LogP contribution in [0, 0.1) is 0 Å². The quantitative estimate of drug-likeness (QED) is 0.688. The van der Waals surface area contributed by atoms with Crippen LogP contribution in [-0.4, -0.2) is 14.2 Å². The number of methoxy groups -OCH3 is 2. The molecule has 0 saturated heterocycles. The Morgan fingerprint density at radius 2 is 1.83 bits per heavy atom. The summed E-state index contributed by atoms with van der Waals surface area (Å²) in [6, 6.07) is 12.2. The van der Waals surface area contributed by atoms with Crippen LogP contribution in [-0.2, 0) is 13.1 Å². The Bertz CT molecular complexity index is 813. The average molecular weight is 376 g/mol. The number of hydrogen-bond acceptors (Lipinski definition) is 4. The molecule has 0 atom stereocenters. The van der Waals surface area contributed by atoms with E-state index < -0.39 is 0 Å². The Kier molecular flexibility index (Phi) is 4.88. The number of furan rings is 1. The van der Waals surface area contributed by atoms with Crippen molar-refractivity contribution in [3.05, 3.63) is 58.3 Å². The second-order valence-electron chi connectivity index (χ2n) is 5.21. The summed E-state index contributed by atoms with van der Waals surface area (Å²) in [5, 5.41) is 4.55. The van der Waals surface area contributed by atoms with Gasteiger partial charge in [-0.1, -0.05) is 12.1 Å². The van der Waals surface area contributed by atoms with Crippen molar-refractivity contribution in [2.45, 2.75) is 13.1 Å². The van der Waals surface area contributed by atoms with Gasteiger partial charge in [0.15, 0.2) is 11.5 Å². The zero-order chi connectivity index (χ0) is 16.2. The molecule has 23 heavy (non-hydrogen) atoms. The zero-order valence-corrected chi connectivity index (χ0v) is 14.6. The molecule has 0 fully saturated rings. The van der Waals surface area contributed by atoms with Gasteiger partial charge in [0.1, 0.15) is 5.58 Å². The lowest BCUT2D eigenvalue weighted by Crippen LogP contribution is -2.12. The van der Waals surface area contributed by atoms with Gasteiger partial charge in [-0.3, -0.25) is 0 Å². The summed E-state index contributed by atoms with van der Waals surface area (Å²) in [5.41, 5.74) is 3.22. The number of rotatable bonds is 6. The Morgan fingerprint density at radius 1 is 1.00 bits per heavy atom. The molecule has 1 N–H and O–H groups in total. The second-order valence-corrected chi connectivity index (χ2v) is 6.06. The summed E-state index contributed by atoms with van der Waals surface area (Å²) in [4.78, 5) is 0. The first-order valence-corrected chi connectivity index (χ1v) is 8.08. The van der Waals surface area contributed by atoms with Gasteiger partial charge in [-0.05, 0) is 51.3 Å². The molecule has 120 valence electrons. The van der Waals surface area contributed by atoms with Crippen LogP contribution < -0.4 is 14.8 Å². The molecule has 0 radical (unpaired) electrons. The van der Waals surface area contributed by atoms with Crippen molar-refractivity contribution in [3.8, 4) is 11.5 Å².